The standard InChI is InChI=1S/C18H18F3N3O2/c19-18(20,21)15-7-9-22-16(23-15)14-6-3-10-24(14)11-8-12-4-1-2-5-13(12)17(25)26/h1-2,4-5,7,9,14H,3,6,8,10-11H2,(H,25,26). The number of carbonyl (C=O) groups is 1. The average Bonchev–Trinajstić information content (AvgIpc) is 3.08. The number of benzene rings is 1. The fourth-order valence-corrected chi connectivity index (χ4v) is 3.29. The number of carboxylic acids is 1. The van der Waals surface area contributed by atoms with E-state index in [1.165, 1.54) is 0 Å². The molecule has 1 atom stereocenters. The van der Waals surface area contributed by atoms with E-state index in [1.807, 2.05) is 4.90 Å². The van der Waals surface area contributed by atoms with Gasteiger partial charge in [0, 0.05) is 12.7 Å². The second-order valence-corrected chi connectivity index (χ2v) is 6.20. The maximum Gasteiger partial charge on any atom is 0.433 e. The average molecular weight is 365 g/mol. The number of alkyl halides is 3. The van der Waals surface area contributed by atoms with E-state index in [2.05, 4.69) is 9.97 Å². The predicted molar refractivity (Wildman–Crippen MR) is 87.7 cm³/mol. The van der Waals surface area contributed by atoms with Crippen LogP contribution < -0.4 is 0 Å². The zero-order valence-corrected chi connectivity index (χ0v) is 13.9. The highest BCUT2D eigenvalue weighted by atomic mass is 19.4. The van der Waals surface area contributed by atoms with Gasteiger partial charge in [0.2, 0.25) is 0 Å². The molecule has 138 valence electrons. The zero-order chi connectivity index (χ0) is 18.7. The third-order valence-electron chi connectivity index (χ3n) is 4.54. The number of aromatic nitrogens is 2. The van der Waals surface area contributed by atoms with Crippen molar-refractivity contribution in [3.8, 4) is 0 Å². The first-order valence-corrected chi connectivity index (χ1v) is 8.31. The number of halogens is 3. The van der Waals surface area contributed by atoms with Gasteiger partial charge in [-0.1, -0.05) is 18.2 Å². The van der Waals surface area contributed by atoms with E-state index < -0.39 is 17.8 Å². The fraction of sp³-hybridized carbons (Fsp3) is 0.389. The number of rotatable bonds is 5. The van der Waals surface area contributed by atoms with Gasteiger partial charge in [-0.25, -0.2) is 14.8 Å². The van der Waals surface area contributed by atoms with Gasteiger partial charge in [0.05, 0.1) is 11.6 Å². The molecule has 8 heteroatoms. The van der Waals surface area contributed by atoms with Gasteiger partial charge in [0.15, 0.2) is 0 Å². The molecule has 0 radical (unpaired) electrons. The number of carboxylic acid groups (broad SMARTS) is 1. The summed E-state index contributed by atoms with van der Waals surface area (Å²) < 4.78 is 38.6. The Balaban J connectivity index is 1.75. The van der Waals surface area contributed by atoms with Crippen LogP contribution in [0.1, 0.15) is 46.3 Å². The summed E-state index contributed by atoms with van der Waals surface area (Å²) in [5.41, 5.74) is 0.0137. The van der Waals surface area contributed by atoms with Gasteiger partial charge in [-0.05, 0) is 43.5 Å². The summed E-state index contributed by atoms with van der Waals surface area (Å²) >= 11 is 0. The van der Waals surface area contributed by atoms with E-state index in [-0.39, 0.29) is 17.4 Å². The first-order valence-electron chi connectivity index (χ1n) is 8.31. The lowest BCUT2D eigenvalue weighted by Gasteiger charge is -2.24. The van der Waals surface area contributed by atoms with E-state index >= 15 is 0 Å². The van der Waals surface area contributed by atoms with Crippen molar-refractivity contribution in [2.24, 2.45) is 0 Å². The Labute approximate surface area is 148 Å². The second kappa shape index (κ2) is 7.41. The molecule has 1 aromatic heterocycles. The normalized spacial score (nSPS) is 18.2. The van der Waals surface area contributed by atoms with Crippen molar-refractivity contribution in [3.05, 3.63) is 59.2 Å². The van der Waals surface area contributed by atoms with E-state index in [0.717, 1.165) is 25.2 Å². The number of likely N-dealkylation sites (tertiary alicyclic amines) is 1. The highest BCUT2D eigenvalue weighted by molar-refractivity contribution is 5.89. The van der Waals surface area contributed by atoms with Crippen molar-refractivity contribution in [2.45, 2.75) is 31.5 Å². The van der Waals surface area contributed by atoms with E-state index in [4.69, 9.17) is 0 Å². The molecule has 1 aromatic carbocycles. The summed E-state index contributed by atoms with van der Waals surface area (Å²) in [6, 6.07) is 7.34. The number of hydrogen-bond acceptors (Lipinski definition) is 4. The van der Waals surface area contributed by atoms with E-state index in [9.17, 15) is 23.1 Å². The molecule has 0 saturated carbocycles. The number of hydrogen-bond donors (Lipinski definition) is 1. The molecular weight excluding hydrogens is 347 g/mol. The van der Waals surface area contributed by atoms with Gasteiger partial charge in [-0.2, -0.15) is 13.2 Å². The lowest BCUT2D eigenvalue weighted by atomic mass is 10.0. The molecule has 1 unspecified atom stereocenters. The minimum absolute atomic E-state index is 0.170. The molecule has 1 N–H and O–H groups in total. The molecule has 0 aliphatic carbocycles. The largest absolute Gasteiger partial charge is 0.478 e. The summed E-state index contributed by atoms with van der Waals surface area (Å²) in [4.78, 5) is 21.1. The Morgan fingerprint density at radius 3 is 2.77 bits per heavy atom. The molecule has 1 aliphatic heterocycles. The molecule has 5 nitrogen and oxygen atoms in total. The molecule has 26 heavy (non-hydrogen) atoms. The van der Waals surface area contributed by atoms with E-state index in [0.29, 0.717) is 24.9 Å². The highest BCUT2D eigenvalue weighted by Crippen LogP contribution is 2.32. The molecule has 1 aliphatic rings. The van der Waals surface area contributed by atoms with Gasteiger partial charge in [0.25, 0.3) is 0 Å². The van der Waals surface area contributed by atoms with E-state index in [1.54, 1.807) is 24.3 Å². The highest BCUT2D eigenvalue weighted by Gasteiger charge is 2.35. The molecule has 0 amide bonds. The van der Waals surface area contributed by atoms with Gasteiger partial charge < -0.3 is 5.11 Å². The Kier molecular flexibility index (Phi) is 5.22. The topological polar surface area (TPSA) is 66.3 Å². The van der Waals surface area contributed by atoms with Crippen LogP contribution in [0.15, 0.2) is 36.5 Å². The Bertz CT molecular complexity index is 795. The van der Waals surface area contributed by atoms with Gasteiger partial charge >= 0.3 is 12.1 Å². The molecule has 0 spiro atoms. The van der Waals surface area contributed by atoms with Crippen molar-refractivity contribution in [1.82, 2.24) is 14.9 Å². The van der Waals surface area contributed by atoms with Gasteiger partial charge in [0.1, 0.15) is 11.5 Å². The predicted octanol–water partition coefficient (Wildman–Crippen LogP) is 3.57. The number of aromatic carboxylic acids is 1. The monoisotopic (exact) mass is 365 g/mol. The van der Waals surface area contributed by atoms with Crippen molar-refractivity contribution in [2.75, 3.05) is 13.1 Å². The summed E-state index contributed by atoms with van der Waals surface area (Å²) in [6.07, 6.45) is -1.34. The van der Waals surface area contributed by atoms with Crippen LogP contribution in [0.4, 0.5) is 13.2 Å². The van der Waals surface area contributed by atoms with Crippen LogP contribution in [0.5, 0.6) is 0 Å². The smallest absolute Gasteiger partial charge is 0.433 e. The molecule has 1 fully saturated rings. The van der Waals surface area contributed by atoms with Crippen molar-refractivity contribution < 1.29 is 23.1 Å². The molecule has 2 aromatic rings. The van der Waals surface area contributed by atoms with Crippen LogP contribution >= 0.6 is 0 Å². The Morgan fingerprint density at radius 2 is 2.04 bits per heavy atom. The summed E-state index contributed by atoms with van der Waals surface area (Å²) in [7, 11) is 0. The lowest BCUT2D eigenvalue weighted by Crippen LogP contribution is -2.28. The fourth-order valence-electron chi connectivity index (χ4n) is 3.29. The third kappa shape index (κ3) is 4.01. The summed E-state index contributed by atoms with van der Waals surface area (Å²) in [6.45, 7) is 1.26. The quantitative estimate of drug-likeness (QED) is 0.877. The first kappa shape index (κ1) is 18.3. The SMILES string of the molecule is O=C(O)c1ccccc1CCN1CCCC1c1nccc(C(F)(F)F)n1. The maximum absolute atomic E-state index is 12.9. The molecule has 2 heterocycles. The Hall–Kier alpha value is -2.48. The van der Waals surface area contributed by atoms with Crippen LogP contribution in [0.3, 0.4) is 0 Å². The second-order valence-electron chi connectivity index (χ2n) is 6.20. The molecule has 3 rings (SSSR count). The van der Waals surface area contributed by atoms with Crippen LogP contribution in [0.2, 0.25) is 0 Å². The molecular formula is C18H18F3N3O2. The minimum atomic E-state index is -4.50. The summed E-state index contributed by atoms with van der Waals surface area (Å²) in [5.74, 6) is -0.816. The van der Waals surface area contributed by atoms with Gasteiger partial charge in [-0.15, -0.1) is 0 Å². The molecule has 0 bridgehead atoms. The third-order valence-corrected chi connectivity index (χ3v) is 4.54. The lowest BCUT2D eigenvalue weighted by molar-refractivity contribution is -0.141. The van der Waals surface area contributed by atoms with Crippen LogP contribution in [-0.4, -0.2) is 39.0 Å². The van der Waals surface area contributed by atoms with Crippen LogP contribution in [0.25, 0.3) is 0 Å². The van der Waals surface area contributed by atoms with Crippen LogP contribution in [0, 0.1) is 0 Å². The maximum atomic E-state index is 12.9. The summed E-state index contributed by atoms with van der Waals surface area (Å²) in [5, 5.41) is 9.25. The minimum Gasteiger partial charge on any atom is -0.478 e. The van der Waals surface area contributed by atoms with Crippen molar-refractivity contribution in [3.63, 3.8) is 0 Å². The zero-order valence-electron chi connectivity index (χ0n) is 13.9. The number of nitrogens with zero attached hydrogens (tertiary/aromatic N) is 3. The van der Waals surface area contributed by atoms with Crippen molar-refractivity contribution >= 4 is 5.97 Å². The van der Waals surface area contributed by atoms with Crippen LogP contribution in [-0.2, 0) is 12.6 Å². The Morgan fingerprint density at radius 1 is 1.27 bits per heavy atom. The van der Waals surface area contributed by atoms with Gasteiger partial charge in [-0.3, -0.25) is 4.90 Å². The first-order chi connectivity index (χ1) is 12.4. The van der Waals surface area contributed by atoms with Crippen molar-refractivity contribution in [1.29, 1.82) is 0 Å². The molecule has 1 saturated heterocycles.